The molecule has 1 aromatic carbocycles. The van der Waals surface area contributed by atoms with Crippen molar-refractivity contribution in [2.24, 2.45) is 5.92 Å². The molecule has 0 aromatic heterocycles. The van der Waals surface area contributed by atoms with E-state index in [4.69, 9.17) is 5.73 Å². The second-order valence-electron chi connectivity index (χ2n) is 4.96. The van der Waals surface area contributed by atoms with Gasteiger partial charge in [0.1, 0.15) is 10.7 Å². The van der Waals surface area contributed by atoms with Crippen molar-refractivity contribution in [2.75, 3.05) is 18.8 Å². The Balaban J connectivity index is 2.29. The third-order valence-corrected chi connectivity index (χ3v) is 5.50. The van der Waals surface area contributed by atoms with E-state index in [0.29, 0.717) is 19.0 Å². The third-order valence-electron chi connectivity index (χ3n) is 3.54. The summed E-state index contributed by atoms with van der Waals surface area (Å²) in [5, 5.41) is 0. The summed E-state index contributed by atoms with van der Waals surface area (Å²) in [6, 6.07) is 3.95. The summed E-state index contributed by atoms with van der Waals surface area (Å²) in [4.78, 5) is -0.382. The average Bonchev–Trinajstić information content (AvgIpc) is 2.78. The Hall–Kier alpha value is -1.14. The minimum Gasteiger partial charge on any atom is -0.398 e. The largest absolute Gasteiger partial charge is 0.398 e. The van der Waals surface area contributed by atoms with Gasteiger partial charge >= 0.3 is 0 Å². The molecule has 0 aliphatic carbocycles. The molecule has 1 atom stereocenters. The van der Waals surface area contributed by atoms with Gasteiger partial charge in [-0.15, -0.1) is 0 Å². The molecule has 6 heteroatoms. The summed E-state index contributed by atoms with van der Waals surface area (Å²) in [7, 11) is -3.82. The van der Waals surface area contributed by atoms with Crippen LogP contribution < -0.4 is 5.73 Å². The first-order chi connectivity index (χ1) is 8.96. The quantitative estimate of drug-likeness (QED) is 0.863. The van der Waals surface area contributed by atoms with Crippen LogP contribution in [0.3, 0.4) is 0 Å². The molecule has 0 amide bonds. The summed E-state index contributed by atoms with van der Waals surface area (Å²) in [6.45, 7) is 2.98. The lowest BCUT2D eigenvalue weighted by Crippen LogP contribution is -2.30. The number of rotatable bonds is 4. The summed E-state index contributed by atoms with van der Waals surface area (Å²) in [6.07, 6.45) is 2.86. The van der Waals surface area contributed by atoms with Crippen molar-refractivity contribution in [2.45, 2.75) is 31.1 Å². The fourth-order valence-electron chi connectivity index (χ4n) is 2.59. The van der Waals surface area contributed by atoms with Crippen LogP contribution in [0, 0.1) is 11.7 Å². The molecule has 4 nitrogen and oxygen atoms in total. The van der Waals surface area contributed by atoms with E-state index in [1.54, 1.807) is 0 Å². The molecular formula is C13H19FN2O2S. The Morgan fingerprint density at radius 3 is 2.84 bits per heavy atom. The minimum absolute atomic E-state index is 0.0288. The van der Waals surface area contributed by atoms with Gasteiger partial charge in [-0.2, -0.15) is 4.31 Å². The Bertz CT molecular complexity index is 540. The molecule has 0 saturated carbocycles. The lowest BCUT2D eigenvalue weighted by Gasteiger charge is -2.18. The maximum absolute atomic E-state index is 13.8. The normalized spacial score (nSPS) is 20.8. The molecule has 2 rings (SSSR count). The smallest absolute Gasteiger partial charge is 0.248 e. The van der Waals surface area contributed by atoms with Crippen LogP contribution in [0.25, 0.3) is 0 Å². The van der Waals surface area contributed by atoms with Gasteiger partial charge in [-0.3, -0.25) is 0 Å². The van der Waals surface area contributed by atoms with Crippen LogP contribution in [0.15, 0.2) is 23.1 Å². The van der Waals surface area contributed by atoms with Crippen LogP contribution in [0.4, 0.5) is 10.1 Å². The van der Waals surface area contributed by atoms with Crippen molar-refractivity contribution < 1.29 is 12.8 Å². The molecule has 1 saturated heterocycles. The molecular weight excluding hydrogens is 267 g/mol. The fourth-order valence-corrected chi connectivity index (χ4v) is 4.28. The van der Waals surface area contributed by atoms with E-state index in [2.05, 4.69) is 6.92 Å². The molecule has 1 aromatic rings. The highest BCUT2D eigenvalue weighted by Crippen LogP contribution is 2.30. The van der Waals surface area contributed by atoms with Gasteiger partial charge in [0.05, 0.1) is 5.69 Å². The topological polar surface area (TPSA) is 63.4 Å². The monoisotopic (exact) mass is 286 g/mol. The Morgan fingerprint density at radius 1 is 1.47 bits per heavy atom. The zero-order chi connectivity index (χ0) is 14.0. The van der Waals surface area contributed by atoms with Crippen LogP contribution in [0.1, 0.15) is 26.2 Å². The van der Waals surface area contributed by atoms with Crippen molar-refractivity contribution >= 4 is 15.7 Å². The van der Waals surface area contributed by atoms with Gasteiger partial charge in [-0.05, 0) is 30.9 Å². The standard InChI is InChI=1S/C13H19FN2O2S/c1-2-4-10-7-8-16(9-10)19(17,18)13-11(14)5-3-6-12(13)15/h3,5-6,10H,2,4,7-9,15H2,1H3. The van der Waals surface area contributed by atoms with Crippen LogP contribution in [0.5, 0.6) is 0 Å². The van der Waals surface area contributed by atoms with Gasteiger partial charge in [0.2, 0.25) is 10.0 Å². The Morgan fingerprint density at radius 2 is 2.21 bits per heavy atom. The lowest BCUT2D eigenvalue weighted by atomic mass is 10.0. The average molecular weight is 286 g/mol. The van der Waals surface area contributed by atoms with Crippen LogP contribution >= 0.6 is 0 Å². The number of benzene rings is 1. The molecule has 1 heterocycles. The van der Waals surface area contributed by atoms with E-state index in [1.807, 2.05) is 0 Å². The first-order valence-electron chi connectivity index (χ1n) is 6.51. The van der Waals surface area contributed by atoms with Gasteiger partial charge < -0.3 is 5.73 Å². The van der Waals surface area contributed by atoms with Gasteiger partial charge in [0.25, 0.3) is 0 Å². The summed E-state index contributed by atoms with van der Waals surface area (Å²) >= 11 is 0. The maximum atomic E-state index is 13.8. The Kier molecular flexibility index (Phi) is 4.10. The first-order valence-corrected chi connectivity index (χ1v) is 7.95. The number of sulfonamides is 1. The highest BCUT2D eigenvalue weighted by Gasteiger charge is 2.34. The zero-order valence-corrected chi connectivity index (χ0v) is 11.8. The van der Waals surface area contributed by atoms with Crippen LogP contribution in [-0.4, -0.2) is 25.8 Å². The van der Waals surface area contributed by atoms with Gasteiger partial charge in [-0.25, -0.2) is 12.8 Å². The Labute approximate surface area is 113 Å². The second-order valence-corrected chi connectivity index (χ2v) is 6.84. The highest BCUT2D eigenvalue weighted by atomic mass is 32.2. The molecule has 106 valence electrons. The second kappa shape index (κ2) is 5.46. The van der Waals surface area contributed by atoms with Crippen molar-refractivity contribution in [3.8, 4) is 0 Å². The number of nitrogen functional groups attached to an aromatic ring is 1. The highest BCUT2D eigenvalue weighted by molar-refractivity contribution is 7.89. The van der Waals surface area contributed by atoms with Crippen LogP contribution in [0.2, 0.25) is 0 Å². The van der Waals surface area contributed by atoms with E-state index >= 15 is 0 Å². The molecule has 0 bridgehead atoms. The minimum atomic E-state index is -3.82. The van der Waals surface area contributed by atoms with Gasteiger partial charge in [-0.1, -0.05) is 19.4 Å². The third kappa shape index (κ3) is 2.74. The number of hydrogen-bond acceptors (Lipinski definition) is 3. The van der Waals surface area contributed by atoms with Gasteiger partial charge in [0.15, 0.2) is 0 Å². The zero-order valence-electron chi connectivity index (χ0n) is 11.0. The van der Waals surface area contributed by atoms with E-state index in [-0.39, 0.29) is 10.6 Å². The summed E-state index contributed by atoms with van der Waals surface area (Å²) in [5.41, 5.74) is 5.59. The lowest BCUT2D eigenvalue weighted by molar-refractivity contribution is 0.441. The van der Waals surface area contributed by atoms with E-state index in [0.717, 1.165) is 25.3 Å². The molecule has 0 radical (unpaired) electrons. The molecule has 0 spiro atoms. The summed E-state index contributed by atoms with van der Waals surface area (Å²) < 4.78 is 40.0. The van der Waals surface area contributed by atoms with Crippen molar-refractivity contribution in [1.29, 1.82) is 0 Å². The van der Waals surface area contributed by atoms with Crippen LogP contribution in [-0.2, 0) is 10.0 Å². The number of nitrogens with two attached hydrogens (primary N) is 1. The van der Waals surface area contributed by atoms with Crippen molar-refractivity contribution in [3.05, 3.63) is 24.0 Å². The van der Waals surface area contributed by atoms with Crippen molar-refractivity contribution in [1.82, 2.24) is 4.31 Å². The van der Waals surface area contributed by atoms with Crippen molar-refractivity contribution in [3.63, 3.8) is 0 Å². The molecule has 1 aliphatic heterocycles. The van der Waals surface area contributed by atoms with E-state index in [9.17, 15) is 12.8 Å². The SMILES string of the molecule is CCCC1CCN(S(=O)(=O)c2c(N)cccc2F)C1. The van der Waals surface area contributed by atoms with Gasteiger partial charge in [0, 0.05) is 13.1 Å². The van der Waals surface area contributed by atoms with E-state index in [1.165, 1.54) is 16.4 Å². The maximum Gasteiger partial charge on any atom is 0.248 e. The number of halogens is 1. The molecule has 2 N–H and O–H groups in total. The predicted octanol–water partition coefficient (Wildman–Crippen LogP) is 2.22. The molecule has 1 fully saturated rings. The van der Waals surface area contributed by atoms with E-state index < -0.39 is 15.8 Å². The first kappa shape index (κ1) is 14.3. The number of hydrogen-bond donors (Lipinski definition) is 1. The number of nitrogens with zero attached hydrogens (tertiary/aromatic N) is 1. The molecule has 1 unspecified atom stereocenters. The molecule has 19 heavy (non-hydrogen) atoms. The fraction of sp³-hybridized carbons (Fsp3) is 0.538. The summed E-state index contributed by atoms with van der Waals surface area (Å²) in [5.74, 6) is -0.410. The molecule has 1 aliphatic rings. The number of anilines is 1. The predicted molar refractivity (Wildman–Crippen MR) is 72.6 cm³/mol.